The predicted molar refractivity (Wildman–Crippen MR) is 69.3 cm³/mol. The molecule has 1 heterocycles. The minimum absolute atomic E-state index is 0.182. The molecule has 2 heteroatoms. The third kappa shape index (κ3) is 2.55. The third-order valence-electron chi connectivity index (χ3n) is 2.90. The summed E-state index contributed by atoms with van der Waals surface area (Å²) < 4.78 is 0. The van der Waals surface area contributed by atoms with Crippen LogP contribution >= 0.6 is 0 Å². The normalized spacial score (nSPS) is 11.8. The third-order valence-corrected chi connectivity index (χ3v) is 2.90. The second-order valence-electron chi connectivity index (χ2n) is 5.38. The zero-order valence-electron chi connectivity index (χ0n) is 11.2. The highest BCUT2D eigenvalue weighted by molar-refractivity contribution is 5.29. The zero-order valence-corrected chi connectivity index (χ0v) is 11.2. The highest BCUT2D eigenvalue weighted by Gasteiger charge is 2.16. The van der Waals surface area contributed by atoms with Gasteiger partial charge < -0.3 is 4.98 Å². The summed E-state index contributed by atoms with van der Waals surface area (Å²) in [5.74, 6) is 1.01. The lowest BCUT2D eigenvalue weighted by Crippen LogP contribution is -2.18. The largest absolute Gasteiger partial charge is 0.361 e. The van der Waals surface area contributed by atoms with E-state index >= 15 is 0 Å². The molecule has 0 bridgehead atoms. The topological polar surface area (TPSA) is 32.9 Å². The molecule has 90 valence electrons. The Hall–Kier alpha value is -1.05. The van der Waals surface area contributed by atoms with Gasteiger partial charge in [0.05, 0.1) is 0 Å². The van der Waals surface area contributed by atoms with E-state index in [1.165, 1.54) is 0 Å². The molecule has 0 fully saturated rings. The Morgan fingerprint density at radius 1 is 0.938 bits per heavy atom. The number of aromatic nitrogens is 1. The van der Waals surface area contributed by atoms with Crippen molar-refractivity contribution < 1.29 is 0 Å². The van der Waals surface area contributed by atoms with Crippen molar-refractivity contribution in [1.29, 1.82) is 0 Å². The van der Waals surface area contributed by atoms with Gasteiger partial charge in [-0.1, -0.05) is 41.5 Å². The molecule has 0 amide bonds. The smallest absolute Gasteiger partial charge is 0.185 e. The molecule has 0 unspecified atom stereocenters. The fourth-order valence-corrected chi connectivity index (χ4v) is 1.97. The highest BCUT2D eigenvalue weighted by Crippen LogP contribution is 2.23. The van der Waals surface area contributed by atoms with E-state index in [4.69, 9.17) is 0 Å². The number of pyridine rings is 1. The van der Waals surface area contributed by atoms with Crippen LogP contribution in [0, 0.1) is 0 Å². The Balaban J connectivity index is 3.46. The van der Waals surface area contributed by atoms with Crippen LogP contribution in [-0.4, -0.2) is 4.98 Å². The van der Waals surface area contributed by atoms with E-state index in [9.17, 15) is 4.79 Å². The summed E-state index contributed by atoms with van der Waals surface area (Å²) in [7, 11) is 0. The van der Waals surface area contributed by atoms with E-state index in [0.717, 1.165) is 17.0 Å². The molecule has 0 spiro atoms. The summed E-state index contributed by atoms with van der Waals surface area (Å²) in [5, 5.41) is 0. The van der Waals surface area contributed by atoms with Gasteiger partial charge in [-0.15, -0.1) is 0 Å². The van der Waals surface area contributed by atoms with Gasteiger partial charge in [-0.25, -0.2) is 0 Å². The molecule has 1 aromatic rings. The summed E-state index contributed by atoms with van der Waals surface area (Å²) in [6.45, 7) is 12.6. The van der Waals surface area contributed by atoms with Gasteiger partial charge in [0, 0.05) is 23.0 Å². The van der Waals surface area contributed by atoms with Crippen molar-refractivity contribution in [2.24, 2.45) is 0 Å². The molecule has 2 nitrogen and oxygen atoms in total. The zero-order chi connectivity index (χ0) is 12.5. The van der Waals surface area contributed by atoms with Gasteiger partial charge in [0.25, 0.3) is 0 Å². The number of hydrogen-bond donors (Lipinski definition) is 1. The summed E-state index contributed by atoms with van der Waals surface area (Å²) in [6, 6.07) is 1.76. The first kappa shape index (κ1) is 13.0. The van der Waals surface area contributed by atoms with Gasteiger partial charge in [-0.3, -0.25) is 4.79 Å². The van der Waals surface area contributed by atoms with Gasteiger partial charge in [0.15, 0.2) is 5.43 Å². The van der Waals surface area contributed by atoms with Crippen LogP contribution in [0.4, 0.5) is 0 Å². The number of hydrogen-bond acceptors (Lipinski definition) is 1. The number of rotatable bonds is 3. The molecule has 0 saturated carbocycles. The molecular weight excluding hydrogens is 198 g/mol. The molecule has 0 aliphatic heterocycles. The summed E-state index contributed by atoms with van der Waals surface area (Å²) >= 11 is 0. The number of H-pyrrole nitrogens is 1. The standard InChI is InChI=1S/C14H23NO/c1-8(2)11-7-12(16)13(9(3)4)14(15-11)10(5)6/h7-10H,1-6H3,(H,15,16). The predicted octanol–water partition coefficient (Wildman–Crippen LogP) is 3.75. The summed E-state index contributed by atoms with van der Waals surface area (Å²) in [5.41, 5.74) is 3.27. The van der Waals surface area contributed by atoms with Crippen LogP contribution in [-0.2, 0) is 0 Å². The molecule has 0 aliphatic rings. The minimum atomic E-state index is 0.182. The van der Waals surface area contributed by atoms with Gasteiger partial charge in [0.1, 0.15) is 0 Å². The van der Waals surface area contributed by atoms with E-state index in [2.05, 4.69) is 46.5 Å². The van der Waals surface area contributed by atoms with Gasteiger partial charge in [-0.2, -0.15) is 0 Å². The van der Waals surface area contributed by atoms with Gasteiger partial charge in [0.2, 0.25) is 0 Å². The lowest BCUT2D eigenvalue weighted by molar-refractivity contribution is 0.719. The monoisotopic (exact) mass is 221 g/mol. The fourth-order valence-electron chi connectivity index (χ4n) is 1.97. The molecule has 1 N–H and O–H groups in total. The maximum atomic E-state index is 12.1. The Morgan fingerprint density at radius 2 is 1.50 bits per heavy atom. The van der Waals surface area contributed by atoms with E-state index in [0.29, 0.717) is 11.8 Å². The van der Waals surface area contributed by atoms with E-state index in [-0.39, 0.29) is 11.3 Å². The molecule has 16 heavy (non-hydrogen) atoms. The molecular formula is C14H23NO. The Morgan fingerprint density at radius 3 is 1.88 bits per heavy atom. The van der Waals surface area contributed by atoms with Crippen LogP contribution < -0.4 is 5.43 Å². The lowest BCUT2D eigenvalue weighted by Gasteiger charge is -2.18. The van der Waals surface area contributed by atoms with Crippen molar-refractivity contribution in [3.8, 4) is 0 Å². The van der Waals surface area contributed by atoms with Crippen molar-refractivity contribution >= 4 is 0 Å². The first-order chi connectivity index (χ1) is 7.34. The average Bonchev–Trinajstić information content (AvgIpc) is 2.15. The highest BCUT2D eigenvalue weighted by atomic mass is 16.1. The average molecular weight is 221 g/mol. The van der Waals surface area contributed by atoms with Crippen molar-refractivity contribution in [1.82, 2.24) is 4.98 Å². The minimum Gasteiger partial charge on any atom is -0.361 e. The van der Waals surface area contributed by atoms with Crippen LogP contribution in [0.2, 0.25) is 0 Å². The molecule has 0 aliphatic carbocycles. The molecule has 0 atom stereocenters. The van der Waals surface area contributed by atoms with Crippen molar-refractivity contribution in [3.63, 3.8) is 0 Å². The first-order valence-corrected chi connectivity index (χ1v) is 6.11. The van der Waals surface area contributed by atoms with Crippen molar-refractivity contribution in [3.05, 3.63) is 33.2 Å². The molecule has 1 aromatic heterocycles. The SMILES string of the molecule is CC(C)c1cc(=O)c(C(C)C)c(C(C)C)[nH]1. The van der Waals surface area contributed by atoms with Crippen LogP contribution in [0.3, 0.4) is 0 Å². The van der Waals surface area contributed by atoms with Crippen LogP contribution in [0.5, 0.6) is 0 Å². The van der Waals surface area contributed by atoms with Crippen LogP contribution in [0.1, 0.15) is 76.2 Å². The Labute approximate surface area is 98.1 Å². The van der Waals surface area contributed by atoms with Crippen molar-refractivity contribution in [2.75, 3.05) is 0 Å². The van der Waals surface area contributed by atoms with Crippen LogP contribution in [0.25, 0.3) is 0 Å². The number of nitrogens with one attached hydrogen (secondary N) is 1. The van der Waals surface area contributed by atoms with Gasteiger partial charge in [-0.05, 0) is 17.8 Å². The fraction of sp³-hybridized carbons (Fsp3) is 0.643. The quantitative estimate of drug-likeness (QED) is 0.828. The van der Waals surface area contributed by atoms with E-state index in [1.54, 1.807) is 6.07 Å². The molecule has 0 aromatic carbocycles. The maximum Gasteiger partial charge on any atom is 0.185 e. The maximum absolute atomic E-state index is 12.1. The van der Waals surface area contributed by atoms with E-state index < -0.39 is 0 Å². The Bertz CT molecular complexity index is 413. The Kier molecular flexibility index (Phi) is 3.95. The first-order valence-electron chi connectivity index (χ1n) is 6.11. The molecule has 0 radical (unpaired) electrons. The van der Waals surface area contributed by atoms with Gasteiger partial charge >= 0.3 is 0 Å². The lowest BCUT2D eigenvalue weighted by atomic mass is 9.93. The van der Waals surface area contributed by atoms with Crippen molar-refractivity contribution in [2.45, 2.75) is 59.3 Å². The second-order valence-corrected chi connectivity index (χ2v) is 5.38. The summed E-state index contributed by atoms with van der Waals surface area (Å²) in [4.78, 5) is 15.5. The van der Waals surface area contributed by atoms with Crippen LogP contribution in [0.15, 0.2) is 10.9 Å². The second kappa shape index (κ2) is 4.86. The molecule has 0 saturated heterocycles. The number of aromatic amines is 1. The van der Waals surface area contributed by atoms with E-state index in [1.807, 2.05) is 0 Å². The molecule has 1 rings (SSSR count). The summed E-state index contributed by atoms with van der Waals surface area (Å²) in [6.07, 6.45) is 0.